The van der Waals surface area contributed by atoms with Crippen LogP contribution in [0.2, 0.25) is 0 Å². The van der Waals surface area contributed by atoms with Crippen LogP contribution in [0.5, 0.6) is 0 Å². The summed E-state index contributed by atoms with van der Waals surface area (Å²) in [5.41, 5.74) is 0. The van der Waals surface area contributed by atoms with Crippen molar-refractivity contribution in [3.63, 3.8) is 0 Å². The van der Waals surface area contributed by atoms with E-state index >= 15 is 0 Å². The molecule has 0 aromatic heterocycles. The van der Waals surface area contributed by atoms with Crippen molar-refractivity contribution in [2.45, 2.75) is 36.1 Å². The van der Waals surface area contributed by atoms with Crippen molar-refractivity contribution in [3.8, 4) is 0 Å². The van der Waals surface area contributed by atoms with Crippen molar-refractivity contribution in [1.82, 2.24) is 10.2 Å². The normalized spacial score (nSPS) is 28.2. The third kappa shape index (κ3) is 3.93. The Morgan fingerprint density at radius 1 is 1.55 bits per heavy atom. The van der Waals surface area contributed by atoms with Gasteiger partial charge in [0.2, 0.25) is 11.8 Å². The van der Waals surface area contributed by atoms with Crippen molar-refractivity contribution < 1.29 is 70.9 Å². The van der Waals surface area contributed by atoms with Gasteiger partial charge in [0.05, 0.1) is 17.8 Å². The predicted octanol–water partition coefficient (Wildman–Crippen LogP) is -3.79. The minimum atomic E-state index is -1.25. The maximum Gasteiger partial charge on any atom is 1.00 e. The van der Waals surface area contributed by atoms with Gasteiger partial charge in [-0.05, 0) is 13.8 Å². The van der Waals surface area contributed by atoms with E-state index in [9.17, 15) is 19.5 Å². The summed E-state index contributed by atoms with van der Waals surface area (Å²) in [5.74, 6) is -0.921. The van der Waals surface area contributed by atoms with Gasteiger partial charge < -0.3 is 20.1 Å². The van der Waals surface area contributed by atoms with Crippen LogP contribution >= 0.6 is 23.5 Å². The van der Waals surface area contributed by atoms with E-state index in [0.29, 0.717) is 5.75 Å². The molecule has 116 valence electrons. The Labute approximate surface area is 180 Å². The fraction of sp³-hybridized carbons (Fsp3) is 0.615. The number of amides is 2. The molecule has 2 saturated heterocycles. The summed E-state index contributed by atoms with van der Waals surface area (Å²) in [5, 5.41) is 13.6. The minimum Gasteiger partial charge on any atom is -0.548 e. The molecule has 2 aliphatic heterocycles. The number of aliphatic carboxylic acids is 1. The molecule has 2 fully saturated rings. The summed E-state index contributed by atoms with van der Waals surface area (Å²) >= 11 is 2.79. The molecule has 0 radical (unpaired) electrons. The van der Waals surface area contributed by atoms with E-state index in [1.54, 1.807) is 19.9 Å². The van der Waals surface area contributed by atoms with Gasteiger partial charge in [0.15, 0.2) is 0 Å². The Hall–Kier alpha value is 0.486. The quantitative estimate of drug-likeness (QED) is 0.224. The summed E-state index contributed by atoms with van der Waals surface area (Å²) in [6.45, 7) is 7.10. The van der Waals surface area contributed by atoms with Crippen LogP contribution in [0.1, 0.15) is 13.8 Å². The summed E-state index contributed by atoms with van der Waals surface area (Å²) in [4.78, 5) is 36.4. The van der Waals surface area contributed by atoms with Gasteiger partial charge in [-0.2, -0.15) is 0 Å². The number of carboxylic acid groups (broad SMARTS) is 1. The van der Waals surface area contributed by atoms with Gasteiger partial charge in [-0.1, -0.05) is 6.08 Å². The smallest absolute Gasteiger partial charge is 0.548 e. The fourth-order valence-electron chi connectivity index (χ4n) is 2.58. The van der Waals surface area contributed by atoms with Crippen LogP contribution < -0.4 is 61.8 Å². The monoisotopic (exact) mass is 368 g/mol. The van der Waals surface area contributed by atoms with Crippen LogP contribution in [0.3, 0.4) is 0 Å². The molecule has 6 nitrogen and oxygen atoms in total. The average Bonchev–Trinajstić information content (AvgIpc) is 2.65. The molecule has 0 aliphatic carbocycles. The first kappa shape index (κ1) is 20.5. The molecular formula is C13H17KN2O4S2. The molecule has 0 aromatic carbocycles. The van der Waals surface area contributed by atoms with E-state index in [-0.39, 0.29) is 74.3 Å². The Bertz CT molecular complexity index is 500. The second-order valence-corrected chi connectivity index (χ2v) is 8.23. The number of hydrogen-bond donors (Lipinski definition) is 1. The van der Waals surface area contributed by atoms with E-state index in [0.717, 1.165) is 0 Å². The number of carboxylic acids is 1. The Morgan fingerprint density at radius 3 is 2.73 bits per heavy atom. The van der Waals surface area contributed by atoms with Gasteiger partial charge in [0.25, 0.3) is 0 Å². The van der Waals surface area contributed by atoms with Crippen molar-refractivity contribution in [3.05, 3.63) is 12.7 Å². The van der Waals surface area contributed by atoms with Gasteiger partial charge in [-0.3, -0.25) is 9.59 Å². The van der Waals surface area contributed by atoms with Gasteiger partial charge in [-0.15, -0.1) is 30.1 Å². The number of nitrogens with one attached hydrogen (secondary N) is 1. The Morgan fingerprint density at radius 2 is 2.18 bits per heavy atom. The molecular weight excluding hydrogens is 351 g/mol. The molecule has 3 atom stereocenters. The summed E-state index contributed by atoms with van der Waals surface area (Å²) in [6, 6.07) is -1.60. The maximum absolute atomic E-state index is 12.1. The average molecular weight is 369 g/mol. The van der Waals surface area contributed by atoms with E-state index in [1.165, 1.54) is 28.4 Å². The number of fused-ring (bicyclic) bond motifs is 1. The first-order chi connectivity index (χ1) is 9.79. The number of carbonyl (C=O) groups excluding carboxylic acids is 3. The number of β-lactam (4-membered cyclic amide) rings is 1. The second kappa shape index (κ2) is 8.04. The molecule has 9 heteroatoms. The molecule has 2 heterocycles. The standard InChI is InChI=1S/C13H18N2O4S2.K/c1-4-5-20-6-7(16)14-8-10(17)15-9(12(18)19)13(2,3)21-11(8)15;/h4,8-9,11H,1,5-6H2,2-3H3,(H,14,16)(H,18,19);/q;+1/p-1. The molecule has 2 amide bonds. The van der Waals surface area contributed by atoms with Crippen LogP contribution in [0, 0.1) is 0 Å². The molecule has 0 bridgehead atoms. The summed E-state index contributed by atoms with van der Waals surface area (Å²) < 4.78 is -0.629. The van der Waals surface area contributed by atoms with Crippen molar-refractivity contribution in [2.24, 2.45) is 0 Å². The Kier molecular flexibility index (Phi) is 7.50. The third-order valence-electron chi connectivity index (χ3n) is 3.45. The van der Waals surface area contributed by atoms with Crippen molar-refractivity contribution in [2.75, 3.05) is 11.5 Å². The van der Waals surface area contributed by atoms with Gasteiger partial charge in [0.1, 0.15) is 11.4 Å². The summed E-state index contributed by atoms with van der Waals surface area (Å²) in [7, 11) is 0. The van der Waals surface area contributed by atoms with E-state index < -0.39 is 22.8 Å². The van der Waals surface area contributed by atoms with Crippen LogP contribution in [-0.4, -0.2) is 56.4 Å². The summed E-state index contributed by atoms with van der Waals surface area (Å²) in [6.07, 6.45) is 1.70. The maximum atomic E-state index is 12.1. The number of hydrogen-bond acceptors (Lipinski definition) is 6. The largest absolute Gasteiger partial charge is 1.00 e. The number of rotatable bonds is 6. The molecule has 3 unspecified atom stereocenters. The van der Waals surface area contributed by atoms with Crippen LogP contribution in [0.15, 0.2) is 12.7 Å². The fourth-order valence-corrected chi connectivity index (χ4v) is 4.75. The van der Waals surface area contributed by atoms with E-state index in [4.69, 9.17) is 0 Å². The zero-order chi connectivity index (χ0) is 15.8. The zero-order valence-electron chi connectivity index (χ0n) is 12.8. The molecule has 0 aromatic rings. The van der Waals surface area contributed by atoms with E-state index in [2.05, 4.69) is 11.9 Å². The van der Waals surface area contributed by atoms with Gasteiger partial charge in [0, 0.05) is 10.5 Å². The number of carbonyl (C=O) groups is 3. The first-order valence-corrected chi connectivity index (χ1v) is 8.52. The topological polar surface area (TPSA) is 89.5 Å². The zero-order valence-corrected chi connectivity index (χ0v) is 17.6. The van der Waals surface area contributed by atoms with E-state index in [1.807, 2.05) is 0 Å². The van der Waals surface area contributed by atoms with Crippen molar-refractivity contribution >= 4 is 41.3 Å². The number of thioether (sulfide) groups is 2. The SMILES string of the molecule is C=CCSCC(=O)NC1C(=O)N2C1SC(C)(C)C2C(=O)[O-].[K+]. The predicted molar refractivity (Wildman–Crippen MR) is 80.6 cm³/mol. The third-order valence-corrected chi connectivity index (χ3v) is 5.96. The molecule has 2 rings (SSSR count). The van der Waals surface area contributed by atoms with Crippen LogP contribution in [0.25, 0.3) is 0 Å². The molecule has 2 aliphatic rings. The van der Waals surface area contributed by atoms with Crippen LogP contribution in [-0.2, 0) is 14.4 Å². The second-order valence-electron chi connectivity index (χ2n) is 5.43. The molecule has 0 spiro atoms. The van der Waals surface area contributed by atoms with Crippen LogP contribution in [0.4, 0.5) is 0 Å². The van der Waals surface area contributed by atoms with Gasteiger partial charge >= 0.3 is 51.4 Å². The first-order valence-electron chi connectivity index (χ1n) is 6.48. The molecule has 1 N–H and O–H groups in total. The van der Waals surface area contributed by atoms with Crippen molar-refractivity contribution in [1.29, 1.82) is 0 Å². The molecule has 22 heavy (non-hydrogen) atoms. The van der Waals surface area contributed by atoms with Gasteiger partial charge in [-0.25, -0.2) is 0 Å². The number of nitrogens with zero attached hydrogens (tertiary/aromatic N) is 1. The minimum absolute atomic E-state index is 0. The Balaban J connectivity index is 0.00000242. The molecule has 0 saturated carbocycles.